The Balaban J connectivity index is 1.76. The van der Waals surface area contributed by atoms with Crippen molar-refractivity contribution in [1.82, 2.24) is 9.80 Å². The van der Waals surface area contributed by atoms with E-state index in [2.05, 4.69) is 4.90 Å². The first kappa shape index (κ1) is 15.8. The summed E-state index contributed by atoms with van der Waals surface area (Å²) >= 11 is 7.16. The van der Waals surface area contributed by atoms with Crippen molar-refractivity contribution >= 4 is 34.2 Å². The van der Waals surface area contributed by atoms with Gasteiger partial charge in [0.2, 0.25) is 5.91 Å². The highest BCUT2D eigenvalue weighted by Gasteiger charge is 2.30. The molecule has 3 rings (SSSR count). The number of nitrogens with zero attached hydrogens (tertiary/aromatic N) is 2. The van der Waals surface area contributed by atoms with Crippen LogP contribution >= 0.6 is 24.0 Å². The van der Waals surface area contributed by atoms with Crippen LogP contribution in [-0.4, -0.2) is 46.2 Å². The van der Waals surface area contributed by atoms with E-state index in [1.165, 1.54) is 12.8 Å². The molecule has 0 N–H and O–H groups in total. The second-order valence-electron chi connectivity index (χ2n) is 5.90. The summed E-state index contributed by atoms with van der Waals surface area (Å²) in [6.45, 7) is 3.84. The van der Waals surface area contributed by atoms with Crippen molar-refractivity contribution in [2.45, 2.75) is 30.9 Å². The molecule has 22 heavy (non-hydrogen) atoms. The normalized spacial score (nSPS) is 19.5. The molecule has 0 saturated carbocycles. The van der Waals surface area contributed by atoms with E-state index in [0.29, 0.717) is 0 Å². The van der Waals surface area contributed by atoms with E-state index in [0.717, 1.165) is 48.9 Å². The van der Waals surface area contributed by atoms with Crippen molar-refractivity contribution in [3.05, 3.63) is 35.9 Å². The molecule has 2 fully saturated rings. The Morgan fingerprint density at radius 2 is 1.50 bits per heavy atom. The SMILES string of the molecule is O=C(C(SC(=S)N1CCCC1)c1ccccc1)N1CCCC1. The number of hydrogen-bond acceptors (Lipinski definition) is 3. The van der Waals surface area contributed by atoms with Crippen LogP contribution in [0.4, 0.5) is 0 Å². The van der Waals surface area contributed by atoms with Crippen molar-refractivity contribution in [2.24, 2.45) is 0 Å². The van der Waals surface area contributed by atoms with Gasteiger partial charge in [0.15, 0.2) is 0 Å². The average molecular weight is 335 g/mol. The van der Waals surface area contributed by atoms with E-state index >= 15 is 0 Å². The highest BCUT2D eigenvalue weighted by atomic mass is 32.2. The molecule has 1 aromatic rings. The number of carbonyl (C=O) groups excluding carboxylic acids is 1. The van der Waals surface area contributed by atoms with Crippen LogP contribution in [0.25, 0.3) is 0 Å². The van der Waals surface area contributed by atoms with Crippen LogP contribution in [0, 0.1) is 0 Å². The quantitative estimate of drug-likeness (QED) is 0.790. The number of amides is 1. The topological polar surface area (TPSA) is 23.6 Å². The van der Waals surface area contributed by atoms with Crippen LogP contribution in [0.1, 0.15) is 36.5 Å². The van der Waals surface area contributed by atoms with Crippen LogP contribution in [0.2, 0.25) is 0 Å². The molecule has 1 atom stereocenters. The van der Waals surface area contributed by atoms with Crippen molar-refractivity contribution in [1.29, 1.82) is 0 Å². The highest BCUT2D eigenvalue weighted by molar-refractivity contribution is 8.23. The van der Waals surface area contributed by atoms with Crippen molar-refractivity contribution in [3.63, 3.8) is 0 Å². The van der Waals surface area contributed by atoms with Gasteiger partial charge in [0.05, 0.1) is 0 Å². The van der Waals surface area contributed by atoms with Gasteiger partial charge in [-0.1, -0.05) is 54.3 Å². The van der Waals surface area contributed by atoms with Crippen LogP contribution < -0.4 is 0 Å². The molecule has 0 aliphatic carbocycles. The molecule has 0 radical (unpaired) electrons. The maximum Gasteiger partial charge on any atom is 0.240 e. The standard InChI is InChI=1S/C17H22N2OS2/c20-16(18-10-4-5-11-18)15(14-8-2-1-3-9-14)22-17(21)19-12-6-7-13-19/h1-3,8-9,15H,4-7,10-13H2. The lowest BCUT2D eigenvalue weighted by atomic mass is 10.1. The smallest absolute Gasteiger partial charge is 0.240 e. The van der Waals surface area contributed by atoms with Crippen LogP contribution in [0.5, 0.6) is 0 Å². The summed E-state index contributed by atoms with van der Waals surface area (Å²) in [4.78, 5) is 17.2. The van der Waals surface area contributed by atoms with Gasteiger partial charge >= 0.3 is 0 Å². The summed E-state index contributed by atoms with van der Waals surface area (Å²) in [7, 11) is 0. The van der Waals surface area contributed by atoms with Gasteiger partial charge in [0, 0.05) is 26.2 Å². The molecule has 1 unspecified atom stereocenters. The Kier molecular flexibility index (Phi) is 5.37. The number of hydrogen-bond donors (Lipinski definition) is 0. The molecule has 5 heteroatoms. The van der Waals surface area contributed by atoms with Crippen LogP contribution in [-0.2, 0) is 4.79 Å². The first-order chi connectivity index (χ1) is 10.8. The Morgan fingerprint density at radius 3 is 2.09 bits per heavy atom. The third-order valence-corrected chi connectivity index (χ3v) is 6.04. The number of thioether (sulfide) groups is 1. The highest BCUT2D eigenvalue weighted by Crippen LogP contribution is 2.34. The molecule has 2 heterocycles. The molecule has 2 aliphatic heterocycles. The van der Waals surface area contributed by atoms with Gasteiger partial charge in [0.25, 0.3) is 0 Å². The predicted molar refractivity (Wildman–Crippen MR) is 96.0 cm³/mol. The number of rotatable bonds is 3. The second kappa shape index (κ2) is 7.47. The minimum absolute atomic E-state index is 0.201. The zero-order chi connectivity index (χ0) is 15.4. The molecular formula is C17H22N2OS2. The van der Waals surface area contributed by atoms with Crippen LogP contribution in [0.15, 0.2) is 30.3 Å². The molecule has 1 aromatic carbocycles. The molecule has 0 bridgehead atoms. The lowest BCUT2D eigenvalue weighted by Crippen LogP contribution is -2.33. The molecule has 0 aromatic heterocycles. The average Bonchev–Trinajstić information content (AvgIpc) is 3.25. The summed E-state index contributed by atoms with van der Waals surface area (Å²) in [5, 5.41) is -0.201. The largest absolute Gasteiger partial charge is 0.357 e. The van der Waals surface area contributed by atoms with Crippen molar-refractivity contribution in [3.8, 4) is 0 Å². The van der Waals surface area contributed by atoms with Gasteiger partial charge in [0.1, 0.15) is 9.57 Å². The Hall–Kier alpha value is -1.07. The maximum atomic E-state index is 12.9. The molecule has 118 valence electrons. The molecule has 2 saturated heterocycles. The summed E-state index contributed by atoms with van der Waals surface area (Å²) in [6.07, 6.45) is 4.65. The van der Waals surface area contributed by atoms with E-state index in [9.17, 15) is 4.79 Å². The number of likely N-dealkylation sites (tertiary alicyclic amines) is 2. The minimum atomic E-state index is -0.201. The zero-order valence-corrected chi connectivity index (χ0v) is 14.4. The fraction of sp³-hybridized carbons (Fsp3) is 0.529. The second-order valence-corrected chi connectivity index (χ2v) is 7.64. The Bertz CT molecular complexity index is 523. The fourth-order valence-electron chi connectivity index (χ4n) is 3.07. The first-order valence-corrected chi connectivity index (χ1v) is 9.34. The van der Waals surface area contributed by atoms with Gasteiger partial charge < -0.3 is 9.80 Å². The summed E-state index contributed by atoms with van der Waals surface area (Å²) in [5.74, 6) is 0.218. The molecule has 1 amide bonds. The minimum Gasteiger partial charge on any atom is -0.357 e. The third kappa shape index (κ3) is 3.63. The van der Waals surface area contributed by atoms with Crippen molar-refractivity contribution < 1.29 is 4.79 Å². The Morgan fingerprint density at radius 1 is 0.955 bits per heavy atom. The monoisotopic (exact) mass is 334 g/mol. The van der Waals surface area contributed by atoms with E-state index in [1.807, 2.05) is 35.2 Å². The van der Waals surface area contributed by atoms with Gasteiger partial charge in [-0.25, -0.2) is 0 Å². The van der Waals surface area contributed by atoms with Crippen molar-refractivity contribution in [2.75, 3.05) is 26.2 Å². The summed E-state index contributed by atoms with van der Waals surface area (Å²) < 4.78 is 0.874. The first-order valence-electron chi connectivity index (χ1n) is 8.05. The van der Waals surface area contributed by atoms with Gasteiger partial charge in [-0.15, -0.1) is 0 Å². The lowest BCUT2D eigenvalue weighted by Gasteiger charge is -2.26. The predicted octanol–water partition coefficient (Wildman–Crippen LogP) is 3.46. The lowest BCUT2D eigenvalue weighted by molar-refractivity contribution is -0.129. The van der Waals surface area contributed by atoms with Crippen LogP contribution in [0.3, 0.4) is 0 Å². The zero-order valence-electron chi connectivity index (χ0n) is 12.7. The van der Waals surface area contributed by atoms with Gasteiger partial charge in [-0.05, 0) is 31.2 Å². The number of benzene rings is 1. The Labute approximate surface area is 142 Å². The molecule has 2 aliphatic rings. The molecular weight excluding hydrogens is 312 g/mol. The van der Waals surface area contributed by atoms with Gasteiger partial charge in [-0.3, -0.25) is 4.79 Å². The van der Waals surface area contributed by atoms with E-state index in [4.69, 9.17) is 12.2 Å². The van der Waals surface area contributed by atoms with E-state index in [-0.39, 0.29) is 11.2 Å². The van der Waals surface area contributed by atoms with Gasteiger partial charge in [-0.2, -0.15) is 0 Å². The molecule has 0 spiro atoms. The van der Waals surface area contributed by atoms with E-state index in [1.54, 1.807) is 11.8 Å². The van der Waals surface area contributed by atoms with E-state index < -0.39 is 0 Å². The summed E-state index contributed by atoms with van der Waals surface area (Å²) in [6, 6.07) is 10.1. The fourth-order valence-corrected chi connectivity index (χ4v) is 4.61. The third-order valence-electron chi connectivity index (χ3n) is 4.33. The number of carbonyl (C=O) groups is 1. The molecule has 3 nitrogen and oxygen atoms in total. The summed E-state index contributed by atoms with van der Waals surface area (Å²) in [5.41, 5.74) is 1.06. The maximum absolute atomic E-state index is 12.9. The number of thiocarbonyl (C=S) groups is 1.